The molecule has 96 valence electrons. The fourth-order valence-corrected chi connectivity index (χ4v) is 2.11. The highest BCUT2D eigenvalue weighted by molar-refractivity contribution is 6.10. The van der Waals surface area contributed by atoms with Crippen molar-refractivity contribution in [3.05, 3.63) is 11.6 Å². The molecule has 0 bridgehead atoms. The molecule has 1 unspecified atom stereocenters. The van der Waals surface area contributed by atoms with Gasteiger partial charge in [0.05, 0.1) is 6.61 Å². The lowest BCUT2D eigenvalue weighted by molar-refractivity contribution is -0.150. The molecule has 1 aliphatic carbocycles. The highest BCUT2D eigenvalue weighted by Crippen LogP contribution is 2.26. The molecule has 1 aliphatic rings. The van der Waals surface area contributed by atoms with Crippen molar-refractivity contribution in [2.45, 2.75) is 52.4 Å². The molecule has 0 saturated carbocycles. The van der Waals surface area contributed by atoms with Gasteiger partial charge >= 0.3 is 5.97 Å². The molecule has 1 atom stereocenters. The van der Waals surface area contributed by atoms with E-state index in [1.165, 1.54) is 12.8 Å². The molecular formula is C14H22O3. The molecule has 0 aromatic carbocycles. The summed E-state index contributed by atoms with van der Waals surface area (Å²) in [5, 5.41) is 0. The SMILES string of the molecule is CCCCCCC1=CCC(C(=O)OCC)C1=O. The monoisotopic (exact) mass is 238 g/mol. The number of ketones is 1. The molecule has 3 heteroatoms. The molecule has 0 aliphatic heterocycles. The van der Waals surface area contributed by atoms with E-state index < -0.39 is 5.92 Å². The molecule has 0 N–H and O–H groups in total. The summed E-state index contributed by atoms with van der Waals surface area (Å²) in [6, 6.07) is 0. The summed E-state index contributed by atoms with van der Waals surface area (Å²) in [5.41, 5.74) is 0.833. The summed E-state index contributed by atoms with van der Waals surface area (Å²) in [4.78, 5) is 23.4. The second kappa shape index (κ2) is 7.25. The van der Waals surface area contributed by atoms with Crippen molar-refractivity contribution >= 4 is 11.8 Å². The number of esters is 1. The molecule has 0 aromatic rings. The lowest BCUT2D eigenvalue weighted by atomic mass is 10.0. The van der Waals surface area contributed by atoms with Crippen LogP contribution in [0.3, 0.4) is 0 Å². The minimum Gasteiger partial charge on any atom is -0.465 e. The lowest BCUT2D eigenvalue weighted by Gasteiger charge is -2.08. The fourth-order valence-electron chi connectivity index (χ4n) is 2.11. The van der Waals surface area contributed by atoms with Gasteiger partial charge < -0.3 is 4.74 Å². The van der Waals surface area contributed by atoms with Gasteiger partial charge in [-0.1, -0.05) is 32.3 Å². The topological polar surface area (TPSA) is 43.4 Å². The second-order valence-corrected chi connectivity index (χ2v) is 4.44. The highest BCUT2D eigenvalue weighted by atomic mass is 16.5. The summed E-state index contributed by atoms with van der Waals surface area (Å²) in [6.45, 7) is 4.27. The summed E-state index contributed by atoms with van der Waals surface area (Å²) in [6.07, 6.45) is 7.86. The Morgan fingerprint density at radius 3 is 2.76 bits per heavy atom. The maximum atomic E-state index is 11.9. The predicted octanol–water partition coefficient (Wildman–Crippen LogP) is 3.04. The zero-order chi connectivity index (χ0) is 12.7. The van der Waals surface area contributed by atoms with E-state index in [1.807, 2.05) is 6.08 Å². The molecule has 0 saturated heterocycles. The van der Waals surface area contributed by atoms with Crippen molar-refractivity contribution in [1.82, 2.24) is 0 Å². The van der Waals surface area contributed by atoms with Gasteiger partial charge in [0.15, 0.2) is 5.78 Å². The average molecular weight is 238 g/mol. The zero-order valence-corrected chi connectivity index (χ0v) is 10.8. The van der Waals surface area contributed by atoms with Gasteiger partial charge in [0.25, 0.3) is 0 Å². The molecule has 0 spiro atoms. The highest BCUT2D eigenvalue weighted by Gasteiger charge is 2.33. The van der Waals surface area contributed by atoms with Crippen LogP contribution in [0.15, 0.2) is 11.6 Å². The number of allylic oxidation sites excluding steroid dienone is 2. The van der Waals surface area contributed by atoms with Gasteiger partial charge in [-0.2, -0.15) is 0 Å². The first-order chi connectivity index (χ1) is 8.20. The van der Waals surface area contributed by atoms with Gasteiger partial charge in [0, 0.05) is 0 Å². The van der Waals surface area contributed by atoms with Crippen molar-refractivity contribution in [2.24, 2.45) is 5.92 Å². The Hall–Kier alpha value is -1.12. The van der Waals surface area contributed by atoms with Crippen LogP contribution in [0, 0.1) is 5.92 Å². The number of carbonyl (C=O) groups is 2. The summed E-state index contributed by atoms with van der Waals surface area (Å²) in [5.74, 6) is -0.937. The van der Waals surface area contributed by atoms with Crippen LogP contribution in [0.1, 0.15) is 52.4 Å². The van der Waals surface area contributed by atoms with Crippen molar-refractivity contribution in [3.8, 4) is 0 Å². The van der Waals surface area contributed by atoms with Crippen LogP contribution >= 0.6 is 0 Å². The Bertz CT molecular complexity index is 305. The maximum Gasteiger partial charge on any atom is 0.317 e. The Morgan fingerprint density at radius 1 is 1.35 bits per heavy atom. The summed E-state index contributed by atoms with van der Waals surface area (Å²) in [7, 11) is 0. The van der Waals surface area contributed by atoms with Crippen molar-refractivity contribution in [1.29, 1.82) is 0 Å². The number of hydrogen-bond acceptors (Lipinski definition) is 3. The quantitative estimate of drug-likeness (QED) is 0.389. The van der Waals surface area contributed by atoms with E-state index >= 15 is 0 Å². The number of unbranched alkanes of at least 4 members (excludes halogenated alkanes) is 3. The van der Waals surface area contributed by atoms with Crippen LogP contribution in [0.5, 0.6) is 0 Å². The summed E-state index contributed by atoms with van der Waals surface area (Å²) >= 11 is 0. The second-order valence-electron chi connectivity index (χ2n) is 4.44. The van der Waals surface area contributed by atoms with Crippen molar-refractivity contribution < 1.29 is 14.3 Å². The van der Waals surface area contributed by atoms with E-state index in [9.17, 15) is 9.59 Å². The zero-order valence-electron chi connectivity index (χ0n) is 10.8. The van der Waals surface area contributed by atoms with E-state index in [0.29, 0.717) is 13.0 Å². The van der Waals surface area contributed by atoms with Gasteiger partial charge in [-0.15, -0.1) is 0 Å². The third kappa shape index (κ3) is 3.99. The Labute approximate surface area is 103 Å². The molecule has 0 aromatic heterocycles. The predicted molar refractivity (Wildman–Crippen MR) is 66.6 cm³/mol. The van der Waals surface area contributed by atoms with Crippen LogP contribution in [0.25, 0.3) is 0 Å². The Kier molecular flexibility index (Phi) is 5.95. The van der Waals surface area contributed by atoms with E-state index in [4.69, 9.17) is 4.74 Å². The number of ether oxygens (including phenoxy) is 1. The molecule has 0 heterocycles. The normalized spacial score (nSPS) is 19.3. The van der Waals surface area contributed by atoms with Gasteiger partial charge in [0.2, 0.25) is 0 Å². The lowest BCUT2D eigenvalue weighted by Crippen LogP contribution is -2.23. The Morgan fingerprint density at radius 2 is 2.12 bits per heavy atom. The molecule has 1 rings (SSSR count). The largest absolute Gasteiger partial charge is 0.465 e. The first-order valence-electron chi connectivity index (χ1n) is 6.60. The third-order valence-electron chi connectivity index (χ3n) is 3.10. The molecular weight excluding hydrogens is 216 g/mol. The van der Waals surface area contributed by atoms with E-state index in [-0.39, 0.29) is 11.8 Å². The number of Topliss-reactive ketones (excluding diaryl/α,β-unsaturated/α-hetero) is 1. The molecule has 3 nitrogen and oxygen atoms in total. The van der Waals surface area contributed by atoms with Gasteiger partial charge in [0.1, 0.15) is 5.92 Å². The maximum absolute atomic E-state index is 11.9. The first-order valence-corrected chi connectivity index (χ1v) is 6.60. The summed E-state index contributed by atoms with van der Waals surface area (Å²) < 4.78 is 4.89. The van der Waals surface area contributed by atoms with E-state index in [2.05, 4.69) is 6.92 Å². The number of rotatable bonds is 7. The number of hydrogen-bond donors (Lipinski definition) is 0. The van der Waals surface area contributed by atoms with Crippen LogP contribution in [-0.2, 0) is 14.3 Å². The van der Waals surface area contributed by atoms with E-state index in [0.717, 1.165) is 24.8 Å². The molecule has 0 radical (unpaired) electrons. The van der Waals surface area contributed by atoms with Gasteiger partial charge in [-0.25, -0.2) is 0 Å². The smallest absolute Gasteiger partial charge is 0.317 e. The molecule has 17 heavy (non-hydrogen) atoms. The minimum atomic E-state index is -0.559. The van der Waals surface area contributed by atoms with Gasteiger partial charge in [-0.3, -0.25) is 9.59 Å². The Balaban J connectivity index is 2.35. The standard InChI is InChI=1S/C14H22O3/c1-3-5-6-7-8-11-9-10-12(13(11)15)14(16)17-4-2/h9,12H,3-8,10H2,1-2H3. The van der Waals surface area contributed by atoms with Crippen LogP contribution in [-0.4, -0.2) is 18.4 Å². The average Bonchev–Trinajstić information content (AvgIpc) is 2.67. The molecule has 0 fully saturated rings. The van der Waals surface area contributed by atoms with Crippen molar-refractivity contribution in [3.63, 3.8) is 0 Å². The first kappa shape index (κ1) is 13.9. The fraction of sp³-hybridized carbons (Fsp3) is 0.714. The van der Waals surface area contributed by atoms with Crippen LogP contribution in [0.2, 0.25) is 0 Å². The van der Waals surface area contributed by atoms with Crippen molar-refractivity contribution in [2.75, 3.05) is 6.61 Å². The van der Waals surface area contributed by atoms with Crippen LogP contribution < -0.4 is 0 Å². The van der Waals surface area contributed by atoms with Crippen LogP contribution in [0.4, 0.5) is 0 Å². The van der Waals surface area contributed by atoms with E-state index in [1.54, 1.807) is 6.92 Å². The minimum absolute atomic E-state index is 0.0139. The third-order valence-corrected chi connectivity index (χ3v) is 3.10. The number of carbonyl (C=O) groups excluding carboxylic acids is 2. The van der Waals surface area contributed by atoms with Gasteiger partial charge in [-0.05, 0) is 31.8 Å². The molecule has 0 amide bonds.